The summed E-state index contributed by atoms with van der Waals surface area (Å²) in [7, 11) is 0. The largest absolute Gasteiger partial charge is 0.420 e. The van der Waals surface area contributed by atoms with E-state index in [1.54, 1.807) is 22.9 Å². The first-order chi connectivity index (χ1) is 8.74. The molecule has 0 aliphatic heterocycles. The Bertz CT molecular complexity index is 744. The smallest absolute Gasteiger partial charge is 0.408 e. The van der Waals surface area contributed by atoms with Crippen LogP contribution in [0.2, 0.25) is 5.15 Å². The Morgan fingerprint density at radius 3 is 2.83 bits per heavy atom. The van der Waals surface area contributed by atoms with Crippen LogP contribution in [0.25, 0.3) is 11.1 Å². The third-order valence-electron chi connectivity index (χ3n) is 2.70. The molecule has 0 spiro atoms. The molecule has 0 unspecified atom stereocenters. The van der Waals surface area contributed by atoms with Crippen LogP contribution < -0.4 is 5.76 Å². The fourth-order valence-corrected chi connectivity index (χ4v) is 1.96. The van der Waals surface area contributed by atoms with Crippen LogP contribution >= 0.6 is 11.6 Å². The summed E-state index contributed by atoms with van der Waals surface area (Å²) < 4.78 is 6.73. The molecule has 0 fully saturated rings. The number of fused-ring (bicyclic) bond motifs is 1. The summed E-state index contributed by atoms with van der Waals surface area (Å²) in [4.78, 5) is 15.7. The van der Waals surface area contributed by atoms with Crippen LogP contribution in [0.4, 0.5) is 0 Å². The molecule has 0 amide bonds. The predicted molar refractivity (Wildman–Crippen MR) is 68.8 cm³/mol. The minimum absolute atomic E-state index is 0.369. The van der Waals surface area contributed by atoms with Crippen molar-refractivity contribution in [2.75, 3.05) is 0 Å². The van der Waals surface area contributed by atoms with Crippen molar-refractivity contribution in [1.29, 1.82) is 0 Å². The van der Waals surface area contributed by atoms with Gasteiger partial charge in [-0.05, 0) is 23.8 Å². The number of halogens is 1. The van der Waals surface area contributed by atoms with Gasteiger partial charge >= 0.3 is 5.76 Å². The zero-order valence-corrected chi connectivity index (χ0v) is 10.1. The number of pyridine rings is 1. The van der Waals surface area contributed by atoms with Crippen LogP contribution in [0, 0.1) is 0 Å². The molecule has 0 atom stereocenters. The predicted octanol–water partition coefficient (Wildman–Crippen LogP) is 2.69. The van der Waals surface area contributed by atoms with Crippen molar-refractivity contribution in [3.63, 3.8) is 0 Å². The molecule has 0 aliphatic rings. The summed E-state index contributed by atoms with van der Waals surface area (Å²) in [6.45, 7) is 0.417. The monoisotopic (exact) mass is 260 g/mol. The highest BCUT2D eigenvalue weighted by Crippen LogP contribution is 2.14. The highest BCUT2D eigenvalue weighted by Gasteiger charge is 2.08. The molecule has 0 radical (unpaired) electrons. The lowest BCUT2D eigenvalue weighted by atomic mass is 10.2. The van der Waals surface area contributed by atoms with Gasteiger partial charge in [0.25, 0.3) is 0 Å². The number of rotatable bonds is 2. The molecule has 1 aromatic carbocycles. The maximum atomic E-state index is 11.8. The zero-order chi connectivity index (χ0) is 12.5. The number of nitrogens with zero attached hydrogens (tertiary/aromatic N) is 2. The van der Waals surface area contributed by atoms with E-state index in [2.05, 4.69) is 4.98 Å². The lowest BCUT2D eigenvalue weighted by Gasteiger charge is -2.01. The van der Waals surface area contributed by atoms with E-state index in [-0.39, 0.29) is 5.76 Å². The molecule has 0 saturated carbocycles. The first kappa shape index (κ1) is 11.0. The molecule has 2 heterocycles. The fraction of sp³-hybridized carbons (Fsp3) is 0.0769. The van der Waals surface area contributed by atoms with Crippen molar-refractivity contribution < 1.29 is 4.42 Å². The van der Waals surface area contributed by atoms with Crippen molar-refractivity contribution in [2.45, 2.75) is 6.54 Å². The van der Waals surface area contributed by atoms with Crippen LogP contribution in [-0.4, -0.2) is 9.55 Å². The summed E-state index contributed by atoms with van der Waals surface area (Å²) >= 11 is 5.72. The third kappa shape index (κ3) is 1.91. The topological polar surface area (TPSA) is 48.0 Å². The van der Waals surface area contributed by atoms with E-state index in [4.69, 9.17) is 16.0 Å². The average Bonchev–Trinajstić information content (AvgIpc) is 2.69. The number of benzene rings is 1. The van der Waals surface area contributed by atoms with Crippen molar-refractivity contribution in [3.05, 3.63) is 63.9 Å². The van der Waals surface area contributed by atoms with Gasteiger partial charge in [-0.1, -0.05) is 29.8 Å². The molecule has 0 aliphatic carbocycles. The highest BCUT2D eigenvalue weighted by molar-refractivity contribution is 6.29. The van der Waals surface area contributed by atoms with Crippen LogP contribution in [-0.2, 0) is 6.54 Å². The Morgan fingerprint density at radius 1 is 1.22 bits per heavy atom. The van der Waals surface area contributed by atoms with Crippen LogP contribution in [0.5, 0.6) is 0 Å². The molecule has 0 bridgehead atoms. The first-order valence-electron chi connectivity index (χ1n) is 5.43. The van der Waals surface area contributed by atoms with E-state index < -0.39 is 0 Å². The summed E-state index contributed by atoms with van der Waals surface area (Å²) in [6, 6.07) is 10.9. The first-order valence-corrected chi connectivity index (χ1v) is 5.80. The Kier molecular flexibility index (Phi) is 2.64. The van der Waals surface area contributed by atoms with E-state index in [0.29, 0.717) is 17.3 Å². The van der Waals surface area contributed by atoms with E-state index in [1.807, 2.05) is 24.3 Å². The molecular formula is C13H9ClN2O2. The van der Waals surface area contributed by atoms with Crippen molar-refractivity contribution in [1.82, 2.24) is 9.55 Å². The number of hydrogen-bond donors (Lipinski definition) is 0. The molecule has 0 saturated heterocycles. The van der Waals surface area contributed by atoms with Gasteiger partial charge in [-0.15, -0.1) is 0 Å². The standard InChI is InChI=1S/C13H9ClN2O2/c14-12-6-5-9(7-15-12)8-16-10-3-1-2-4-11(10)18-13(16)17/h1-7H,8H2. The van der Waals surface area contributed by atoms with Gasteiger partial charge in [0.15, 0.2) is 5.58 Å². The number of aromatic nitrogens is 2. The lowest BCUT2D eigenvalue weighted by Crippen LogP contribution is -2.14. The van der Waals surface area contributed by atoms with Gasteiger partial charge in [-0.2, -0.15) is 0 Å². The van der Waals surface area contributed by atoms with Gasteiger partial charge in [0.1, 0.15) is 5.15 Å². The number of hydrogen-bond acceptors (Lipinski definition) is 3. The Morgan fingerprint density at radius 2 is 2.06 bits per heavy atom. The van der Waals surface area contributed by atoms with Crippen LogP contribution in [0.1, 0.15) is 5.56 Å². The van der Waals surface area contributed by atoms with Gasteiger partial charge in [0.2, 0.25) is 0 Å². The Balaban J connectivity index is 2.07. The SMILES string of the molecule is O=c1oc2ccccc2n1Cc1ccc(Cl)nc1. The highest BCUT2D eigenvalue weighted by atomic mass is 35.5. The summed E-state index contributed by atoms with van der Waals surface area (Å²) in [5.74, 6) is -0.369. The number of oxazole rings is 1. The van der Waals surface area contributed by atoms with Crippen molar-refractivity contribution in [2.24, 2.45) is 0 Å². The lowest BCUT2D eigenvalue weighted by molar-refractivity contribution is 0.517. The van der Waals surface area contributed by atoms with E-state index in [1.165, 1.54) is 0 Å². The Hall–Kier alpha value is -2.07. The summed E-state index contributed by atoms with van der Waals surface area (Å²) in [6.07, 6.45) is 1.65. The molecule has 4 nitrogen and oxygen atoms in total. The average molecular weight is 261 g/mol. The molecule has 5 heteroatoms. The molecular weight excluding hydrogens is 252 g/mol. The molecule has 2 aromatic heterocycles. The minimum atomic E-state index is -0.369. The zero-order valence-electron chi connectivity index (χ0n) is 9.34. The minimum Gasteiger partial charge on any atom is -0.408 e. The molecule has 90 valence electrons. The quantitative estimate of drug-likeness (QED) is 0.666. The maximum absolute atomic E-state index is 11.8. The summed E-state index contributed by atoms with van der Waals surface area (Å²) in [5, 5.41) is 0.433. The van der Waals surface area contributed by atoms with Gasteiger partial charge in [0.05, 0.1) is 12.1 Å². The second-order valence-corrected chi connectivity index (χ2v) is 4.30. The van der Waals surface area contributed by atoms with Gasteiger partial charge in [-0.3, -0.25) is 4.57 Å². The molecule has 0 N–H and O–H groups in total. The normalized spacial score (nSPS) is 10.9. The number of para-hydroxylation sites is 2. The second-order valence-electron chi connectivity index (χ2n) is 3.91. The van der Waals surface area contributed by atoms with Gasteiger partial charge in [0, 0.05) is 6.20 Å². The van der Waals surface area contributed by atoms with E-state index in [0.717, 1.165) is 11.1 Å². The second kappa shape index (κ2) is 4.31. The third-order valence-corrected chi connectivity index (χ3v) is 2.93. The van der Waals surface area contributed by atoms with E-state index >= 15 is 0 Å². The summed E-state index contributed by atoms with van der Waals surface area (Å²) in [5.41, 5.74) is 2.26. The van der Waals surface area contributed by atoms with Crippen molar-refractivity contribution >= 4 is 22.7 Å². The molecule has 18 heavy (non-hydrogen) atoms. The van der Waals surface area contributed by atoms with E-state index in [9.17, 15) is 4.79 Å². The Labute approximate surface area is 107 Å². The van der Waals surface area contributed by atoms with Gasteiger partial charge in [-0.25, -0.2) is 9.78 Å². The molecule has 3 aromatic rings. The van der Waals surface area contributed by atoms with Gasteiger partial charge < -0.3 is 4.42 Å². The van der Waals surface area contributed by atoms with Crippen LogP contribution in [0.15, 0.2) is 51.8 Å². The fourth-order valence-electron chi connectivity index (χ4n) is 1.85. The maximum Gasteiger partial charge on any atom is 0.420 e. The van der Waals surface area contributed by atoms with Crippen LogP contribution in [0.3, 0.4) is 0 Å². The van der Waals surface area contributed by atoms with Crippen molar-refractivity contribution in [3.8, 4) is 0 Å². The molecule has 3 rings (SSSR count).